The van der Waals surface area contributed by atoms with Crippen LogP contribution in [0.2, 0.25) is 0 Å². The van der Waals surface area contributed by atoms with Gasteiger partial charge in [-0.05, 0) is 26.3 Å². The number of esters is 1. The first-order valence-electron chi connectivity index (χ1n) is 9.77. The zero-order chi connectivity index (χ0) is 25.2. The Bertz CT molecular complexity index is 1100. The molecule has 0 aliphatic carbocycles. The monoisotopic (exact) mass is 532 g/mol. The maximum atomic E-state index is 12.9. The number of thiazole rings is 1. The number of halogens is 1. The van der Waals surface area contributed by atoms with E-state index in [4.69, 9.17) is 21.2 Å². The van der Waals surface area contributed by atoms with E-state index in [1.54, 1.807) is 20.8 Å². The normalized spacial score (nSPS) is 22.6. The van der Waals surface area contributed by atoms with Crippen molar-refractivity contribution in [3.63, 3.8) is 0 Å². The lowest BCUT2D eigenvalue weighted by molar-refractivity contribution is -0.160. The van der Waals surface area contributed by atoms with E-state index >= 15 is 0 Å². The van der Waals surface area contributed by atoms with E-state index in [2.05, 4.69) is 15.5 Å². The standard InChI is InChI=1S/C19H21ClN4O8S2/c1-19(2,3)32-11(25)5-31-23-12(10-6-33-8-21-10)15(26)22-13-16(27)24-14(18(28)29)9(4-20)7-34(30)17(13)24/h6,8,13,17H,4-5,7H2,1-3H3,(H,22,26)(H,28,29)/b23-12-/t13?,17-,34?/m1/s1. The Morgan fingerprint density at radius 2 is 2.12 bits per heavy atom. The first-order chi connectivity index (χ1) is 15.9. The molecule has 2 aliphatic rings. The van der Waals surface area contributed by atoms with Gasteiger partial charge in [0.05, 0.1) is 22.1 Å². The zero-order valence-corrected chi connectivity index (χ0v) is 20.7. The van der Waals surface area contributed by atoms with Crippen molar-refractivity contribution in [2.75, 3.05) is 18.2 Å². The van der Waals surface area contributed by atoms with Crippen molar-refractivity contribution in [3.05, 3.63) is 27.9 Å². The van der Waals surface area contributed by atoms with Gasteiger partial charge in [-0.1, -0.05) is 5.16 Å². The number of carbonyl (C=O) groups is 4. The molecule has 1 aromatic rings. The van der Waals surface area contributed by atoms with E-state index in [-0.39, 0.29) is 34.3 Å². The van der Waals surface area contributed by atoms with E-state index in [0.29, 0.717) is 0 Å². The molecular weight excluding hydrogens is 512 g/mol. The molecule has 0 bridgehead atoms. The molecule has 12 nitrogen and oxygen atoms in total. The number of amides is 2. The fourth-order valence-corrected chi connectivity index (χ4v) is 5.78. The molecule has 2 unspecified atom stereocenters. The molecule has 0 spiro atoms. The zero-order valence-electron chi connectivity index (χ0n) is 18.3. The van der Waals surface area contributed by atoms with Crippen LogP contribution in [0.4, 0.5) is 0 Å². The summed E-state index contributed by atoms with van der Waals surface area (Å²) in [5, 5.41) is 16.0. The second-order valence-electron chi connectivity index (χ2n) is 8.14. The van der Waals surface area contributed by atoms with Gasteiger partial charge in [0.25, 0.3) is 11.8 Å². The molecule has 34 heavy (non-hydrogen) atoms. The molecule has 184 valence electrons. The number of nitrogens with one attached hydrogen (secondary N) is 1. The third kappa shape index (κ3) is 5.45. The van der Waals surface area contributed by atoms with Gasteiger partial charge in [0.2, 0.25) is 6.61 Å². The van der Waals surface area contributed by atoms with E-state index < -0.39 is 58.2 Å². The molecule has 2 amide bonds. The predicted octanol–water partition coefficient (Wildman–Crippen LogP) is 0.198. The number of rotatable bonds is 8. The first kappa shape index (κ1) is 25.8. The van der Waals surface area contributed by atoms with Gasteiger partial charge < -0.3 is 20.0 Å². The lowest BCUT2D eigenvalue weighted by Crippen LogP contribution is -2.74. The van der Waals surface area contributed by atoms with Gasteiger partial charge in [-0.25, -0.2) is 14.6 Å². The molecule has 3 rings (SSSR count). The van der Waals surface area contributed by atoms with Crippen LogP contribution in [0, 0.1) is 0 Å². The summed E-state index contributed by atoms with van der Waals surface area (Å²) in [6.45, 7) is 4.46. The summed E-state index contributed by atoms with van der Waals surface area (Å²) in [6.07, 6.45) is 0. The smallest absolute Gasteiger partial charge is 0.352 e. The maximum Gasteiger partial charge on any atom is 0.352 e. The molecule has 1 aromatic heterocycles. The van der Waals surface area contributed by atoms with Gasteiger partial charge in [-0.15, -0.1) is 22.9 Å². The Hall–Kier alpha value is -2.84. The van der Waals surface area contributed by atoms with Gasteiger partial charge in [-0.3, -0.25) is 18.7 Å². The van der Waals surface area contributed by atoms with Crippen LogP contribution in [0.25, 0.3) is 0 Å². The van der Waals surface area contributed by atoms with Crippen LogP contribution in [0.15, 0.2) is 27.3 Å². The quantitative estimate of drug-likeness (QED) is 0.156. The van der Waals surface area contributed by atoms with Crippen molar-refractivity contribution >= 4 is 63.2 Å². The summed E-state index contributed by atoms with van der Waals surface area (Å²) in [7, 11) is -1.70. The second-order valence-corrected chi connectivity index (χ2v) is 10.7. The number of aromatic nitrogens is 1. The number of hydrogen-bond donors (Lipinski definition) is 2. The number of hydrogen-bond acceptors (Lipinski definition) is 10. The number of carbonyl (C=O) groups excluding carboxylic acids is 3. The Balaban J connectivity index is 1.76. The number of oxime groups is 1. The fraction of sp³-hybridized carbons (Fsp3) is 0.474. The lowest BCUT2D eigenvalue weighted by Gasteiger charge is -2.48. The van der Waals surface area contributed by atoms with Crippen molar-refractivity contribution in [1.29, 1.82) is 0 Å². The number of fused-ring (bicyclic) bond motifs is 1. The number of alkyl halides is 1. The molecule has 3 atom stereocenters. The molecule has 15 heteroatoms. The van der Waals surface area contributed by atoms with Crippen LogP contribution in [0.1, 0.15) is 26.5 Å². The highest BCUT2D eigenvalue weighted by molar-refractivity contribution is 7.86. The Kier molecular flexibility index (Phi) is 7.73. The minimum absolute atomic E-state index is 0.121. The Morgan fingerprint density at radius 1 is 1.41 bits per heavy atom. The van der Waals surface area contributed by atoms with Gasteiger partial charge in [0.1, 0.15) is 28.4 Å². The number of aliphatic carboxylic acids is 1. The number of carboxylic acids is 1. The fourth-order valence-electron chi connectivity index (χ4n) is 3.22. The average Bonchev–Trinajstić information content (AvgIpc) is 3.27. The van der Waals surface area contributed by atoms with Crippen LogP contribution in [-0.2, 0) is 39.6 Å². The molecule has 1 saturated heterocycles. The van der Waals surface area contributed by atoms with Crippen molar-refractivity contribution in [3.8, 4) is 0 Å². The third-order valence-electron chi connectivity index (χ3n) is 4.50. The molecule has 3 heterocycles. The van der Waals surface area contributed by atoms with Crippen LogP contribution in [0.5, 0.6) is 0 Å². The topological polar surface area (TPSA) is 165 Å². The molecule has 1 fully saturated rings. The van der Waals surface area contributed by atoms with Crippen molar-refractivity contribution in [2.24, 2.45) is 5.16 Å². The lowest BCUT2D eigenvalue weighted by atomic mass is 10.0. The number of β-lactam (4-membered cyclic amide) rings is 1. The van der Waals surface area contributed by atoms with Crippen LogP contribution in [0.3, 0.4) is 0 Å². The SMILES string of the molecule is CC(C)(C)OC(=O)CO/N=C(\C(=O)NC1C(=O)N2C(C(=O)O)=C(CCl)CS(=O)[C@H]12)c1cscn1. The second kappa shape index (κ2) is 10.2. The van der Waals surface area contributed by atoms with Gasteiger partial charge in [0, 0.05) is 11.3 Å². The Morgan fingerprint density at radius 3 is 2.68 bits per heavy atom. The van der Waals surface area contributed by atoms with Crippen molar-refractivity contribution in [2.45, 2.75) is 37.8 Å². The van der Waals surface area contributed by atoms with E-state index in [1.165, 1.54) is 22.2 Å². The molecule has 2 aliphatic heterocycles. The maximum absolute atomic E-state index is 12.9. The van der Waals surface area contributed by atoms with Crippen LogP contribution < -0.4 is 5.32 Å². The molecule has 0 radical (unpaired) electrons. The number of ether oxygens (including phenoxy) is 1. The average molecular weight is 533 g/mol. The number of carboxylic acid groups (broad SMARTS) is 1. The third-order valence-corrected chi connectivity index (χ3v) is 7.07. The summed E-state index contributed by atoms with van der Waals surface area (Å²) in [4.78, 5) is 58.9. The molecule has 0 aromatic carbocycles. The minimum Gasteiger partial charge on any atom is -0.477 e. The van der Waals surface area contributed by atoms with Crippen molar-refractivity contribution in [1.82, 2.24) is 15.2 Å². The predicted molar refractivity (Wildman–Crippen MR) is 121 cm³/mol. The summed E-state index contributed by atoms with van der Waals surface area (Å²) in [5.74, 6) is -4.06. The minimum atomic E-state index is -1.70. The summed E-state index contributed by atoms with van der Waals surface area (Å²) < 4.78 is 17.8. The highest BCUT2D eigenvalue weighted by Crippen LogP contribution is 2.35. The van der Waals surface area contributed by atoms with E-state index in [9.17, 15) is 28.5 Å². The first-order valence-corrected chi connectivity index (χ1v) is 12.6. The summed E-state index contributed by atoms with van der Waals surface area (Å²) >= 11 is 6.93. The highest BCUT2D eigenvalue weighted by Gasteiger charge is 2.57. The highest BCUT2D eigenvalue weighted by atomic mass is 35.5. The Labute approximate surface area is 205 Å². The van der Waals surface area contributed by atoms with Crippen LogP contribution in [-0.4, -0.2) is 83.9 Å². The van der Waals surface area contributed by atoms with E-state index in [1.807, 2.05) is 0 Å². The molecular formula is C19H21ClN4O8S2. The summed E-state index contributed by atoms with van der Waals surface area (Å²) in [5.41, 5.74) is 0.337. The number of nitrogens with zero attached hydrogens (tertiary/aromatic N) is 3. The van der Waals surface area contributed by atoms with Gasteiger partial charge >= 0.3 is 11.9 Å². The van der Waals surface area contributed by atoms with Gasteiger partial charge in [0.15, 0.2) is 5.71 Å². The van der Waals surface area contributed by atoms with E-state index in [0.717, 1.165) is 4.90 Å². The van der Waals surface area contributed by atoms with Crippen molar-refractivity contribution < 1.29 is 38.1 Å². The van der Waals surface area contributed by atoms with Crippen LogP contribution >= 0.6 is 22.9 Å². The molecule has 0 saturated carbocycles. The molecule has 2 N–H and O–H groups in total. The largest absolute Gasteiger partial charge is 0.477 e. The van der Waals surface area contributed by atoms with Gasteiger partial charge in [-0.2, -0.15) is 0 Å². The summed E-state index contributed by atoms with van der Waals surface area (Å²) in [6, 6.07) is -1.26.